The highest BCUT2D eigenvalue weighted by atomic mass is 16.3. The van der Waals surface area contributed by atoms with Gasteiger partial charge in [-0.3, -0.25) is 4.79 Å². The summed E-state index contributed by atoms with van der Waals surface area (Å²) in [5, 5.41) is 11.5. The topological polar surface area (TPSA) is 49.3 Å². The quantitative estimate of drug-likeness (QED) is 0.653. The van der Waals surface area contributed by atoms with Crippen LogP contribution in [-0.4, -0.2) is 11.0 Å². The van der Waals surface area contributed by atoms with Gasteiger partial charge in [0.1, 0.15) is 5.75 Å². The summed E-state index contributed by atoms with van der Waals surface area (Å²) in [7, 11) is 0. The van der Waals surface area contributed by atoms with Gasteiger partial charge in [0.05, 0.1) is 0 Å². The Balaban J connectivity index is 0.000000671. The summed E-state index contributed by atoms with van der Waals surface area (Å²) in [5.74, 6) is 0.0785. The standard InChI is InChI=1S/C8H9NO2.C2H6/c1-6(10)9-7-2-4-8(11)5-3-7;1-2/h2-5,11H,1H3,(H,9,10);1-2H3. The first-order chi connectivity index (χ1) is 6.18. The van der Waals surface area contributed by atoms with Crippen molar-refractivity contribution in [3.63, 3.8) is 0 Å². The second kappa shape index (κ2) is 6.06. The highest BCUT2D eigenvalue weighted by Crippen LogP contribution is 2.13. The Morgan fingerprint density at radius 1 is 1.23 bits per heavy atom. The number of hydrogen-bond acceptors (Lipinski definition) is 2. The molecular formula is C10H15NO2. The molecule has 0 spiro atoms. The third-order valence-electron chi connectivity index (χ3n) is 1.19. The van der Waals surface area contributed by atoms with E-state index in [4.69, 9.17) is 5.11 Å². The summed E-state index contributed by atoms with van der Waals surface area (Å²) in [6, 6.07) is 6.31. The van der Waals surface area contributed by atoms with Crippen LogP contribution in [0.5, 0.6) is 5.75 Å². The molecule has 1 aromatic carbocycles. The lowest BCUT2D eigenvalue weighted by Gasteiger charge is -1.99. The van der Waals surface area contributed by atoms with Crippen molar-refractivity contribution in [1.82, 2.24) is 0 Å². The van der Waals surface area contributed by atoms with Crippen LogP contribution >= 0.6 is 0 Å². The second-order valence-corrected chi connectivity index (χ2v) is 2.23. The number of phenols is 1. The third-order valence-corrected chi connectivity index (χ3v) is 1.19. The van der Waals surface area contributed by atoms with Gasteiger partial charge in [0.2, 0.25) is 5.91 Å². The minimum Gasteiger partial charge on any atom is -0.508 e. The molecule has 0 unspecified atom stereocenters. The minimum absolute atomic E-state index is 0.115. The number of anilines is 1. The van der Waals surface area contributed by atoms with E-state index >= 15 is 0 Å². The van der Waals surface area contributed by atoms with Gasteiger partial charge in [0.15, 0.2) is 0 Å². The van der Waals surface area contributed by atoms with Gasteiger partial charge in [-0.15, -0.1) is 0 Å². The van der Waals surface area contributed by atoms with Crippen LogP contribution in [-0.2, 0) is 4.79 Å². The number of amides is 1. The van der Waals surface area contributed by atoms with Crippen molar-refractivity contribution >= 4 is 11.6 Å². The lowest BCUT2D eigenvalue weighted by molar-refractivity contribution is -0.114. The minimum atomic E-state index is -0.115. The van der Waals surface area contributed by atoms with Gasteiger partial charge in [0.25, 0.3) is 0 Å². The van der Waals surface area contributed by atoms with Gasteiger partial charge in [-0.1, -0.05) is 13.8 Å². The molecule has 72 valence electrons. The van der Waals surface area contributed by atoms with Crippen molar-refractivity contribution in [2.75, 3.05) is 5.32 Å². The molecule has 0 aliphatic rings. The van der Waals surface area contributed by atoms with E-state index in [1.165, 1.54) is 19.1 Å². The molecule has 0 aliphatic heterocycles. The van der Waals surface area contributed by atoms with Crippen molar-refractivity contribution in [2.24, 2.45) is 0 Å². The lowest BCUT2D eigenvalue weighted by atomic mass is 10.3. The van der Waals surface area contributed by atoms with Gasteiger partial charge >= 0.3 is 0 Å². The van der Waals surface area contributed by atoms with Crippen LogP contribution in [0, 0.1) is 0 Å². The fourth-order valence-corrected chi connectivity index (χ4v) is 0.748. The maximum atomic E-state index is 10.5. The van der Waals surface area contributed by atoms with Crippen LogP contribution < -0.4 is 5.32 Å². The Morgan fingerprint density at radius 2 is 1.69 bits per heavy atom. The number of carbonyl (C=O) groups is 1. The van der Waals surface area contributed by atoms with Crippen LogP contribution in [0.15, 0.2) is 24.3 Å². The Bertz CT molecular complexity index is 254. The monoisotopic (exact) mass is 181 g/mol. The molecule has 3 heteroatoms. The Morgan fingerprint density at radius 3 is 2.08 bits per heavy atom. The zero-order chi connectivity index (χ0) is 10.3. The predicted octanol–water partition coefficient (Wildman–Crippen LogP) is 2.38. The number of carbonyl (C=O) groups excluding carboxylic acids is 1. The summed E-state index contributed by atoms with van der Waals surface area (Å²) >= 11 is 0. The molecule has 0 aromatic heterocycles. The average molecular weight is 181 g/mol. The summed E-state index contributed by atoms with van der Waals surface area (Å²) in [6.45, 7) is 5.44. The van der Waals surface area contributed by atoms with Crippen LogP contribution in [0.4, 0.5) is 5.69 Å². The predicted molar refractivity (Wildman–Crippen MR) is 53.8 cm³/mol. The molecular weight excluding hydrogens is 166 g/mol. The summed E-state index contributed by atoms with van der Waals surface area (Å²) in [4.78, 5) is 10.5. The maximum Gasteiger partial charge on any atom is 0.221 e. The summed E-state index contributed by atoms with van der Waals surface area (Å²) in [6.07, 6.45) is 0. The second-order valence-electron chi connectivity index (χ2n) is 2.23. The first-order valence-electron chi connectivity index (χ1n) is 4.25. The third kappa shape index (κ3) is 4.85. The molecule has 2 N–H and O–H groups in total. The van der Waals surface area contributed by atoms with E-state index in [1.54, 1.807) is 12.1 Å². The number of nitrogens with one attached hydrogen (secondary N) is 1. The number of aromatic hydroxyl groups is 1. The number of phenolic OH excluding ortho intramolecular Hbond substituents is 1. The molecule has 0 aliphatic carbocycles. The van der Waals surface area contributed by atoms with Gasteiger partial charge < -0.3 is 10.4 Å². The van der Waals surface area contributed by atoms with Gasteiger partial charge in [-0.2, -0.15) is 0 Å². The van der Waals surface area contributed by atoms with E-state index in [1.807, 2.05) is 13.8 Å². The fourth-order valence-electron chi connectivity index (χ4n) is 0.748. The average Bonchev–Trinajstić information content (AvgIpc) is 2.12. The zero-order valence-corrected chi connectivity index (χ0v) is 8.16. The van der Waals surface area contributed by atoms with Crippen LogP contribution in [0.3, 0.4) is 0 Å². The normalized spacial score (nSPS) is 8.23. The molecule has 0 saturated carbocycles. The first-order valence-corrected chi connectivity index (χ1v) is 4.25. The van der Waals surface area contributed by atoms with E-state index in [-0.39, 0.29) is 11.7 Å². The zero-order valence-electron chi connectivity index (χ0n) is 8.16. The van der Waals surface area contributed by atoms with Crippen molar-refractivity contribution in [1.29, 1.82) is 0 Å². The molecule has 1 rings (SSSR count). The molecule has 0 atom stereocenters. The van der Waals surface area contributed by atoms with E-state index in [9.17, 15) is 4.79 Å². The lowest BCUT2D eigenvalue weighted by Crippen LogP contribution is -2.04. The van der Waals surface area contributed by atoms with Crippen molar-refractivity contribution in [3.05, 3.63) is 24.3 Å². The molecule has 0 fully saturated rings. The van der Waals surface area contributed by atoms with Gasteiger partial charge in [0, 0.05) is 12.6 Å². The molecule has 0 heterocycles. The largest absolute Gasteiger partial charge is 0.508 e. The van der Waals surface area contributed by atoms with Crippen LogP contribution in [0.2, 0.25) is 0 Å². The molecule has 1 aromatic rings. The SMILES string of the molecule is CC.CC(=O)Nc1ccc(O)cc1. The molecule has 1 amide bonds. The molecule has 0 bridgehead atoms. The Labute approximate surface area is 78.4 Å². The van der Waals surface area contributed by atoms with E-state index in [2.05, 4.69) is 5.32 Å². The summed E-state index contributed by atoms with van der Waals surface area (Å²) in [5.41, 5.74) is 0.690. The fraction of sp³-hybridized carbons (Fsp3) is 0.300. The van der Waals surface area contributed by atoms with Crippen molar-refractivity contribution in [2.45, 2.75) is 20.8 Å². The molecule has 0 saturated heterocycles. The summed E-state index contributed by atoms with van der Waals surface area (Å²) < 4.78 is 0. The molecule has 0 radical (unpaired) electrons. The Hall–Kier alpha value is -1.51. The highest BCUT2D eigenvalue weighted by Gasteiger charge is 1.93. The highest BCUT2D eigenvalue weighted by molar-refractivity contribution is 5.88. The number of rotatable bonds is 1. The van der Waals surface area contributed by atoms with E-state index < -0.39 is 0 Å². The van der Waals surface area contributed by atoms with Gasteiger partial charge in [-0.25, -0.2) is 0 Å². The molecule has 13 heavy (non-hydrogen) atoms. The smallest absolute Gasteiger partial charge is 0.221 e. The number of benzene rings is 1. The molecule has 3 nitrogen and oxygen atoms in total. The number of hydrogen-bond donors (Lipinski definition) is 2. The first kappa shape index (κ1) is 11.5. The van der Waals surface area contributed by atoms with Crippen LogP contribution in [0.1, 0.15) is 20.8 Å². The maximum absolute atomic E-state index is 10.5. The van der Waals surface area contributed by atoms with E-state index in [0.717, 1.165) is 0 Å². The Kier molecular flexibility index (Phi) is 5.35. The van der Waals surface area contributed by atoms with E-state index in [0.29, 0.717) is 5.69 Å². The van der Waals surface area contributed by atoms with Crippen molar-refractivity contribution < 1.29 is 9.90 Å². The van der Waals surface area contributed by atoms with Crippen molar-refractivity contribution in [3.8, 4) is 5.75 Å². The van der Waals surface area contributed by atoms with Crippen LogP contribution in [0.25, 0.3) is 0 Å². The van der Waals surface area contributed by atoms with Gasteiger partial charge in [-0.05, 0) is 24.3 Å².